The molecular formula is C13H19N3O2. The van der Waals surface area contributed by atoms with E-state index in [0.29, 0.717) is 30.9 Å². The quantitative estimate of drug-likeness (QED) is 0.775. The third-order valence-corrected chi connectivity index (χ3v) is 3.50. The molecule has 1 saturated heterocycles. The first-order chi connectivity index (χ1) is 8.42. The zero-order valence-electron chi connectivity index (χ0n) is 10.8. The summed E-state index contributed by atoms with van der Waals surface area (Å²) in [4.78, 5) is 18.1. The van der Waals surface area contributed by atoms with E-state index >= 15 is 0 Å². The second kappa shape index (κ2) is 4.57. The Balaban J connectivity index is 2.18. The van der Waals surface area contributed by atoms with Crippen LogP contribution in [0.5, 0.6) is 0 Å². The Morgan fingerprint density at radius 2 is 2.33 bits per heavy atom. The molecule has 5 nitrogen and oxygen atoms in total. The lowest BCUT2D eigenvalue weighted by atomic mass is 9.81. The number of amides is 1. The lowest BCUT2D eigenvalue weighted by Gasteiger charge is -2.41. The van der Waals surface area contributed by atoms with Crippen molar-refractivity contribution in [1.82, 2.24) is 9.88 Å². The molecule has 1 aliphatic rings. The number of nitrogen functional groups attached to an aromatic ring is 1. The Labute approximate surface area is 107 Å². The van der Waals surface area contributed by atoms with Gasteiger partial charge >= 0.3 is 0 Å². The van der Waals surface area contributed by atoms with Crippen LogP contribution in [0.4, 0.5) is 5.69 Å². The van der Waals surface area contributed by atoms with Gasteiger partial charge in [-0.2, -0.15) is 0 Å². The van der Waals surface area contributed by atoms with Gasteiger partial charge in [-0.05, 0) is 18.6 Å². The zero-order chi connectivity index (χ0) is 13.3. The van der Waals surface area contributed by atoms with Crippen molar-refractivity contribution in [1.29, 1.82) is 0 Å². The van der Waals surface area contributed by atoms with Gasteiger partial charge in [0.1, 0.15) is 0 Å². The molecule has 2 heterocycles. The highest BCUT2D eigenvalue weighted by Crippen LogP contribution is 2.30. The molecule has 1 aromatic rings. The third-order valence-electron chi connectivity index (χ3n) is 3.50. The first-order valence-corrected chi connectivity index (χ1v) is 6.09. The molecule has 0 aliphatic carbocycles. The van der Waals surface area contributed by atoms with E-state index in [1.807, 2.05) is 13.8 Å². The van der Waals surface area contributed by atoms with Crippen LogP contribution in [-0.4, -0.2) is 40.1 Å². The number of pyridine rings is 1. The molecular weight excluding hydrogens is 230 g/mol. The van der Waals surface area contributed by atoms with Crippen molar-refractivity contribution in [3.8, 4) is 0 Å². The summed E-state index contributed by atoms with van der Waals surface area (Å²) in [5.74, 6) is -0.159. The number of aliphatic hydroxyl groups excluding tert-OH is 1. The topological polar surface area (TPSA) is 79.5 Å². The van der Waals surface area contributed by atoms with E-state index in [1.54, 1.807) is 23.2 Å². The maximum Gasteiger partial charge on any atom is 0.274 e. The van der Waals surface area contributed by atoms with Crippen LogP contribution in [0, 0.1) is 5.41 Å². The predicted molar refractivity (Wildman–Crippen MR) is 69.0 cm³/mol. The number of hydrogen-bond acceptors (Lipinski definition) is 4. The number of nitrogens with zero attached hydrogens (tertiary/aromatic N) is 2. The van der Waals surface area contributed by atoms with Crippen LogP contribution in [0.15, 0.2) is 18.3 Å². The summed E-state index contributed by atoms with van der Waals surface area (Å²) in [6.07, 6.45) is 1.78. The molecule has 1 aliphatic heterocycles. The minimum Gasteiger partial charge on any atom is -0.397 e. The first-order valence-electron chi connectivity index (χ1n) is 6.09. The maximum absolute atomic E-state index is 12.3. The van der Waals surface area contributed by atoms with Gasteiger partial charge in [0.15, 0.2) is 5.69 Å². The largest absolute Gasteiger partial charge is 0.397 e. The number of carbonyl (C=O) groups is 1. The summed E-state index contributed by atoms with van der Waals surface area (Å²) < 4.78 is 0. The van der Waals surface area contributed by atoms with Crippen LogP contribution in [-0.2, 0) is 0 Å². The number of rotatable bonds is 1. The van der Waals surface area contributed by atoms with E-state index in [4.69, 9.17) is 5.73 Å². The van der Waals surface area contributed by atoms with E-state index in [9.17, 15) is 9.90 Å². The molecule has 1 unspecified atom stereocenters. The van der Waals surface area contributed by atoms with Gasteiger partial charge in [0.2, 0.25) is 0 Å². The molecule has 1 atom stereocenters. The highest BCUT2D eigenvalue weighted by atomic mass is 16.3. The molecule has 18 heavy (non-hydrogen) atoms. The van der Waals surface area contributed by atoms with Gasteiger partial charge in [-0.15, -0.1) is 0 Å². The van der Waals surface area contributed by atoms with Crippen LogP contribution >= 0.6 is 0 Å². The lowest BCUT2D eigenvalue weighted by molar-refractivity contribution is -0.0183. The van der Waals surface area contributed by atoms with Crippen LogP contribution in [0.3, 0.4) is 0 Å². The molecule has 0 spiro atoms. The number of hydrogen-bond donors (Lipinski definition) is 2. The van der Waals surface area contributed by atoms with Gasteiger partial charge in [0.05, 0.1) is 11.8 Å². The number of carbonyl (C=O) groups excluding carboxylic acids is 1. The van der Waals surface area contributed by atoms with E-state index in [-0.39, 0.29) is 17.4 Å². The fraction of sp³-hybridized carbons (Fsp3) is 0.538. The van der Waals surface area contributed by atoms with E-state index < -0.39 is 0 Å². The highest BCUT2D eigenvalue weighted by molar-refractivity contribution is 5.97. The molecule has 98 valence electrons. The maximum atomic E-state index is 12.3. The fourth-order valence-electron chi connectivity index (χ4n) is 2.26. The third kappa shape index (κ3) is 2.31. The molecule has 0 aromatic carbocycles. The number of likely N-dealkylation sites (tertiary alicyclic amines) is 1. The molecule has 0 radical (unpaired) electrons. The van der Waals surface area contributed by atoms with Crippen LogP contribution in [0.1, 0.15) is 30.8 Å². The lowest BCUT2D eigenvalue weighted by Crippen LogP contribution is -2.50. The SMILES string of the molecule is CC1(C)CN(C(=O)c2ncccc2N)CCC1O. The van der Waals surface area contributed by atoms with E-state index in [0.717, 1.165) is 0 Å². The van der Waals surface area contributed by atoms with E-state index in [1.165, 1.54) is 0 Å². The summed E-state index contributed by atoms with van der Waals surface area (Å²) in [5.41, 5.74) is 6.16. The second-order valence-corrected chi connectivity index (χ2v) is 5.46. The Morgan fingerprint density at radius 1 is 1.61 bits per heavy atom. The molecule has 1 aromatic heterocycles. The van der Waals surface area contributed by atoms with Gasteiger partial charge in [-0.1, -0.05) is 13.8 Å². The average molecular weight is 249 g/mol. The van der Waals surface area contributed by atoms with Crippen molar-refractivity contribution in [2.75, 3.05) is 18.8 Å². The van der Waals surface area contributed by atoms with Crippen molar-refractivity contribution >= 4 is 11.6 Å². The molecule has 1 fully saturated rings. The number of nitrogens with two attached hydrogens (primary N) is 1. The Hall–Kier alpha value is -1.62. The number of piperidine rings is 1. The van der Waals surface area contributed by atoms with Gasteiger partial charge < -0.3 is 15.7 Å². The average Bonchev–Trinajstić information content (AvgIpc) is 2.32. The van der Waals surface area contributed by atoms with Crippen molar-refractivity contribution in [2.24, 2.45) is 5.41 Å². The molecule has 5 heteroatoms. The minimum atomic E-state index is -0.373. The van der Waals surface area contributed by atoms with Crippen molar-refractivity contribution in [3.63, 3.8) is 0 Å². The van der Waals surface area contributed by atoms with Gasteiger partial charge in [-0.25, -0.2) is 4.98 Å². The highest BCUT2D eigenvalue weighted by Gasteiger charge is 2.37. The van der Waals surface area contributed by atoms with Crippen molar-refractivity contribution in [2.45, 2.75) is 26.4 Å². The Kier molecular flexibility index (Phi) is 3.26. The zero-order valence-corrected chi connectivity index (χ0v) is 10.8. The first kappa shape index (κ1) is 12.8. The predicted octanol–water partition coefficient (Wildman–Crippen LogP) is 0.897. The summed E-state index contributed by atoms with van der Waals surface area (Å²) in [7, 11) is 0. The number of anilines is 1. The molecule has 1 amide bonds. The molecule has 0 bridgehead atoms. The summed E-state index contributed by atoms with van der Waals surface area (Å²) in [6, 6.07) is 3.38. The molecule has 2 rings (SSSR count). The van der Waals surface area contributed by atoms with E-state index in [2.05, 4.69) is 4.98 Å². The van der Waals surface area contributed by atoms with Crippen LogP contribution < -0.4 is 5.73 Å². The van der Waals surface area contributed by atoms with Crippen molar-refractivity contribution in [3.05, 3.63) is 24.0 Å². The standard InChI is InChI=1S/C13H19N3O2/c1-13(2)8-16(7-5-10(13)17)12(18)11-9(14)4-3-6-15-11/h3-4,6,10,17H,5,7-8,14H2,1-2H3. The molecule has 3 N–H and O–H groups in total. The normalized spacial score (nSPS) is 22.8. The number of aliphatic hydroxyl groups is 1. The Morgan fingerprint density at radius 3 is 2.94 bits per heavy atom. The monoisotopic (exact) mass is 249 g/mol. The fourth-order valence-corrected chi connectivity index (χ4v) is 2.26. The second-order valence-electron chi connectivity index (χ2n) is 5.46. The summed E-state index contributed by atoms with van der Waals surface area (Å²) >= 11 is 0. The van der Waals surface area contributed by atoms with Gasteiger partial charge in [0, 0.05) is 24.7 Å². The molecule has 0 saturated carbocycles. The summed E-state index contributed by atoms with van der Waals surface area (Å²) in [5, 5.41) is 9.88. The van der Waals surface area contributed by atoms with Crippen molar-refractivity contribution < 1.29 is 9.90 Å². The Bertz CT molecular complexity index is 459. The smallest absolute Gasteiger partial charge is 0.274 e. The van der Waals surface area contributed by atoms with Gasteiger partial charge in [0.25, 0.3) is 5.91 Å². The van der Waals surface area contributed by atoms with Crippen LogP contribution in [0.25, 0.3) is 0 Å². The number of aromatic nitrogens is 1. The van der Waals surface area contributed by atoms with Crippen LogP contribution in [0.2, 0.25) is 0 Å². The summed E-state index contributed by atoms with van der Waals surface area (Å²) in [6.45, 7) is 4.97. The van der Waals surface area contributed by atoms with Gasteiger partial charge in [-0.3, -0.25) is 4.79 Å². The minimum absolute atomic E-state index is 0.159.